The summed E-state index contributed by atoms with van der Waals surface area (Å²) < 4.78 is 12.7. The molecule has 0 amide bonds. The summed E-state index contributed by atoms with van der Waals surface area (Å²) in [7, 11) is 1.61. The Hall–Kier alpha value is -1.04. The van der Waals surface area contributed by atoms with E-state index in [-0.39, 0.29) is 0 Å². The Morgan fingerprint density at radius 3 is 2.75 bits per heavy atom. The number of halogens is 3. The van der Waals surface area contributed by atoms with Crippen LogP contribution in [-0.4, -0.2) is 12.1 Å². The van der Waals surface area contributed by atoms with Crippen molar-refractivity contribution >= 4 is 54.6 Å². The van der Waals surface area contributed by atoms with Gasteiger partial charge in [-0.05, 0) is 40.2 Å². The zero-order valence-electron chi connectivity index (χ0n) is 10.3. The molecule has 0 aliphatic carbocycles. The summed E-state index contributed by atoms with van der Waals surface area (Å²) in [4.78, 5) is 4.47. The predicted molar refractivity (Wildman–Crippen MR) is 86.4 cm³/mol. The summed E-state index contributed by atoms with van der Waals surface area (Å²) in [6.45, 7) is 0. The second kappa shape index (κ2) is 5.39. The van der Waals surface area contributed by atoms with Gasteiger partial charge in [0, 0.05) is 10.5 Å². The summed E-state index contributed by atoms with van der Waals surface area (Å²) in [6, 6.07) is 9.19. The highest BCUT2D eigenvalue weighted by Gasteiger charge is 2.15. The van der Waals surface area contributed by atoms with Crippen LogP contribution in [0.4, 0.5) is 0 Å². The molecular formula is C14H8Br2ClNO2. The summed E-state index contributed by atoms with van der Waals surface area (Å²) in [5.41, 5.74) is 2.11. The molecule has 3 aromatic rings. The maximum absolute atomic E-state index is 6.20. The molecule has 0 N–H and O–H groups in total. The van der Waals surface area contributed by atoms with Crippen LogP contribution >= 0.6 is 43.5 Å². The topological polar surface area (TPSA) is 35.3 Å². The van der Waals surface area contributed by atoms with Crippen LogP contribution in [0.2, 0.25) is 5.02 Å². The van der Waals surface area contributed by atoms with Crippen LogP contribution in [-0.2, 0) is 0 Å². The lowest BCUT2D eigenvalue weighted by Gasteiger charge is -1.99. The van der Waals surface area contributed by atoms with Crippen molar-refractivity contribution in [2.75, 3.05) is 7.11 Å². The SMILES string of the molecule is COc1cc(Br)c2oc(-c3cc(Br)ccc3Cl)nc2c1. The first-order valence-corrected chi connectivity index (χ1v) is 7.64. The van der Waals surface area contributed by atoms with Gasteiger partial charge in [-0.25, -0.2) is 4.98 Å². The Morgan fingerprint density at radius 2 is 2.00 bits per heavy atom. The van der Waals surface area contributed by atoms with E-state index in [4.69, 9.17) is 20.8 Å². The van der Waals surface area contributed by atoms with Crippen LogP contribution < -0.4 is 4.74 Å². The first-order valence-electron chi connectivity index (χ1n) is 5.68. The van der Waals surface area contributed by atoms with Crippen molar-refractivity contribution in [1.29, 1.82) is 0 Å². The lowest BCUT2D eigenvalue weighted by atomic mass is 10.2. The Kier molecular flexibility index (Phi) is 3.75. The number of ether oxygens (including phenoxy) is 1. The molecule has 0 bridgehead atoms. The summed E-state index contributed by atoms with van der Waals surface area (Å²) in [6.07, 6.45) is 0. The monoisotopic (exact) mass is 415 g/mol. The average Bonchev–Trinajstić information content (AvgIpc) is 2.85. The molecule has 3 nitrogen and oxygen atoms in total. The van der Waals surface area contributed by atoms with Gasteiger partial charge < -0.3 is 9.15 Å². The Morgan fingerprint density at radius 1 is 1.20 bits per heavy atom. The quantitative estimate of drug-likeness (QED) is 0.538. The molecule has 0 atom stereocenters. The third kappa shape index (κ3) is 2.45. The van der Waals surface area contributed by atoms with Crippen LogP contribution in [0, 0.1) is 0 Å². The molecule has 0 unspecified atom stereocenters. The van der Waals surface area contributed by atoms with E-state index in [1.54, 1.807) is 13.2 Å². The van der Waals surface area contributed by atoms with Gasteiger partial charge in [0.15, 0.2) is 5.58 Å². The molecule has 102 valence electrons. The van der Waals surface area contributed by atoms with Crippen LogP contribution in [0.15, 0.2) is 43.7 Å². The zero-order valence-corrected chi connectivity index (χ0v) is 14.2. The Bertz CT molecular complexity index is 801. The van der Waals surface area contributed by atoms with Crippen molar-refractivity contribution in [1.82, 2.24) is 4.98 Å². The predicted octanol–water partition coefficient (Wildman–Crippen LogP) is 5.68. The third-order valence-corrected chi connectivity index (χ3v) is 4.22. The highest BCUT2D eigenvalue weighted by molar-refractivity contribution is 9.11. The lowest BCUT2D eigenvalue weighted by molar-refractivity contribution is 0.415. The van der Waals surface area contributed by atoms with Crippen LogP contribution in [0.25, 0.3) is 22.6 Å². The molecule has 0 saturated heterocycles. The van der Waals surface area contributed by atoms with E-state index in [0.717, 1.165) is 14.5 Å². The molecule has 1 heterocycles. The van der Waals surface area contributed by atoms with Crippen molar-refractivity contribution < 1.29 is 9.15 Å². The molecule has 0 fully saturated rings. The van der Waals surface area contributed by atoms with E-state index in [9.17, 15) is 0 Å². The second-order valence-corrected chi connectivity index (χ2v) is 6.28. The highest BCUT2D eigenvalue weighted by Crippen LogP contribution is 2.36. The standard InChI is InChI=1S/C14H8Br2ClNO2/c1-19-8-5-10(16)13-12(6-8)18-14(20-13)9-4-7(15)2-3-11(9)17/h2-6H,1H3. The number of aromatic nitrogens is 1. The molecule has 0 aliphatic heterocycles. The first-order chi connectivity index (χ1) is 9.58. The highest BCUT2D eigenvalue weighted by atomic mass is 79.9. The molecule has 1 aromatic heterocycles. The van der Waals surface area contributed by atoms with E-state index < -0.39 is 0 Å². The van der Waals surface area contributed by atoms with E-state index in [1.807, 2.05) is 24.3 Å². The van der Waals surface area contributed by atoms with E-state index in [1.165, 1.54) is 0 Å². The minimum atomic E-state index is 0.472. The molecule has 0 aliphatic rings. The van der Waals surface area contributed by atoms with Gasteiger partial charge in [0.25, 0.3) is 0 Å². The molecule has 3 rings (SSSR count). The van der Waals surface area contributed by atoms with Crippen molar-refractivity contribution in [2.45, 2.75) is 0 Å². The third-order valence-electron chi connectivity index (χ3n) is 2.81. The fourth-order valence-corrected chi connectivity index (χ4v) is 2.93. The van der Waals surface area contributed by atoms with Crippen molar-refractivity contribution in [3.63, 3.8) is 0 Å². The molecule has 20 heavy (non-hydrogen) atoms. The molecule has 2 aromatic carbocycles. The number of rotatable bonds is 2. The Balaban J connectivity index is 2.22. The number of benzene rings is 2. The number of hydrogen-bond acceptors (Lipinski definition) is 3. The van der Waals surface area contributed by atoms with Crippen molar-refractivity contribution in [2.24, 2.45) is 0 Å². The maximum atomic E-state index is 6.20. The lowest BCUT2D eigenvalue weighted by Crippen LogP contribution is -1.82. The fourth-order valence-electron chi connectivity index (χ4n) is 1.86. The van der Waals surface area contributed by atoms with Gasteiger partial charge in [-0.2, -0.15) is 0 Å². The van der Waals surface area contributed by atoms with Gasteiger partial charge in [-0.1, -0.05) is 27.5 Å². The number of nitrogens with zero attached hydrogens (tertiary/aromatic N) is 1. The minimum absolute atomic E-state index is 0.472. The largest absolute Gasteiger partial charge is 0.497 e. The Labute approximate surface area is 137 Å². The van der Waals surface area contributed by atoms with Gasteiger partial charge >= 0.3 is 0 Å². The van der Waals surface area contributed by atoms with Crippen LogP contribution in [0.5, 0.6) is 5.75 Å². The van der Waals surface area contributed by atoms with Crippen molar-refractivity contribution in [3.8, 4) is 17.2 Å². The van der Waals surface area contributed by atoms with E-state index in [2.05, 4.69) is 36.8 Å². The minimum Gasteiger partial charge on any atom is -0.497 e. The molecular weight excluding hydrogens is 409 g/mol. The number of methoxy groups -OCH3 is 1. The molecule has 0 radical (unpaired) electrons. The molecule has 6 heteroatoms. The summed E-state index contributed by atoms with van der Waals surface area (Å²) >= 11 is 13.1. The summed E-state index contributed by atoms with van der Waals surface area (Å²) in [5.74, 6) is 1.19. The zero-order chi connectivity index (χ0) is 14.3. The number of hydrogen-bond donors (Lipinski definition) is 0. The summed E-state index contributed by atoms with van der Waals surface area (Å²) in [5, 5.41) is 0.586. The average molecular weight is 417 g/mol. The van der Waals surface area contributed by atoms with Gasteiger partial charge in [-0.3, -0.25) is 0 Å². The molecule has 0 saturated carbocycles. The van der Waals surface area contributed by atoms with Gasteiger partial charge in [0.2, 0.25) is 5.89 Å². The number of fused-ring (bicyclic) bond motifs is 1. The number of oxazole rings is 1. The van der Waals surface area contributed by atoms with Gasteiger partial charge in [0.1, 0.15) is 11.3 Å². The van der Waals surface area contributed by atoms with Crippen LogP contribution in [0.1, 0.15) is 0 Å². The fraction of sp³-hybridized carbons (Fsp3) is 0.0714. The van der Waals surface area contributed by atoms with E-state index in [0.29, 0.717) is 27.8 Å². The first kappa shape index (κ1) is 13.9. The second-order valence-electron chi connectivity index (χ2n) is 4.10. The van der Waals surface area contributed by atoms with Crippen molar-refractivity contribution in [3.05, 3.63) is 44.3 Å². The smallest absolute Gasteiger partial charge is 0.228 e. The molecule has 0 spiro atoms. The van der Waals surface area contributed by atoms with Gasteiger partial charge in [0.05, 0.1) is 22.2 Å². The maximum Gasteiger partial charge on any atom is 0.228 e. The normalized spacial score (nSPS) is 11.0. The van der Waals surface area contributed by atoms with Gasteiger partial charge in [-0.15, -0.1) is 0 Å². The van der Waals surface area contributed by atoms with Crippen LogP contribution in [0.3, 0.4) is 0 Å². The van der Waals surface area contributed by atoms with E-state index >= 15 is 0 Å².